The van der Waals surface area contributed by atoms with E-state index < -0.39 is 4.92 Å². The van der Waals surface area contributed by atoms with Crippen LogP contribution in [-0.4, -0.2) is 43.3 Å². The molecule has 0 saturated carbocycles. The second-order valence-corrected chi connectivity index (χ2v) is 9.93. The Kier molecular flexibility index (Phi) is 10.4. The summed E-state index contributed by atoms with van der Waals surface area (Å²) < 4.78 is 17.1. The molecule has 0 amide bonds. The summed E-state index contributed by atoms with van der Waals surface area (Å²) in [5.41, 5.74) is 5.43. The fourth-order valence-corrected chi connectivity index (χ4v) is 4.69. The molecule has 0 aliphatic carbocycles. The molecule has 1 fully saturated rings. The van der Waals surface area contributed by atoms with Crippen LogP contribution in [0.15, 0.2) is 60.2 Å². The standard InChI is InChI=1S/C32H39N3O5/c1-4-6-20-39-31-15-13-28(32(33-31)40-21-7-5-2)26-9-11-27(12-10-26)34-18-16-24(17-19-34)22-25-8-14-29(35(36)37)30(23-25)38-3/h8-15,22-23H,4-7,16-21H2,1-3H3. The number of piperidine rings is 1. The Bertz CT molecular complexity index is 1300. The van der Waals surface area contributed by atoms with Crippen LogP contribution in [0.25, 0.3) is 17.2 Å². The van der Waals surface area contributed by atoms with Crippen molar-refractivity contribution in [1.82, 2.24) is 4.98 Å². The van der Waals surface area contributed by atoms with E-state index >= 15 is 0 Å². The largest absolute Gasteiger partial charge is 0.490 e. The molecule has 1 aromatic heterocycles. The van der Waals surface area contributed by atoms with Crippen LogP contribution < -0.4 is 19.1 Å². The van der Waals surface area contributed by atoms with Gasteiger partial charge in [-0.15, -0.1) is 0 Å². The van der Waals surface area contributed by atoms with Crippen molar-refractivity contribution in [3.63, 3.8) is 0 Å². The number of anilines is 1. The molecule has 0 unspecified atom stereocenters. The number of rotatable bonds is 13. The average molecular weight is 546 g/mol. The lowest BCUT2D eigenvalue weighted by atomic mass is 9.99. The van der Waals surface area contributed by atoms with E-state index in [4.69, 9.17) is 14.2 Å². The van der Waals surface area contributed by atoms with Gasteiger partial charge in [0.2, 0.25) is 11.8 Å². The Morgan fingerprint density at radius 2 is 1.65 bits per heavy atom. The molecular weight excluding hydrogens is 506 g/mol. The van der Waals surface area contributed by atoms with E-state index in [1.54, 1.807) is 12.1 Å². The second kappa shape index (κ2) is 14.4. The first-order valence-corrected chi connectivity index (χ1v) is 14.2. The minimum absolute atomic E-state index is 0.0189. The van der Waals surface area contributed by atoms with E-state index in [1.165, 1.54) is 24.4 Å². The second-order valence-electron chi connectivity index (χ2n) is 9.93. The molecule has 2 heterocycles. The quantitative estimate of drug-likeness (QED) is 0.123. The topological polar surface area (TPSA) is 87.0 Å². The Morgan fingerprint density at radius 1 is 0.950 bits per heavy atom. The molecule has 212 valence electrons. The highest BCUT2D eigenvalue weighted by Gasteiger charge is 2.18. The number of hydrogen-bond donors (Lipinski definition) is 0. The SMILES string of the molecule is CCCCOc1ccc(-c2ccc(N3CCC(=Cc4ccc([N+](=O)[O-])c(OC)c4)CC3)cc2)c(OCCCC)n1. The van der Waals surface area contributed by atoms with Crippen molar-refractivity contribution in [2.75, 3.05) is 38.3 Å². The van der Waals surface area contributed by atoms with Crippen molar-refractivity contribution < 1.29 is 19.1 Å². The molecule has 1 aliphatic rings. The number of pyridine rings is 1. The van der Waals surface area contributed by atoms with E-state index in [2.05, 4.69) is 54.1 Å². The Balaban J connectivity index is 1.42. The van der Waals surface area contributed by atoms with Gasteiger partial charge >= 0.3 is 5.69 Å². The van der Waals surface area contributed by atoms with Crippen molar-refractivity contribution in [3.8, 4) is 28.6 Å². The predicted octanol–water partition coefficient (Wildman–Crippen LogP) is 7.71. The van der Waals surface area contributed by atoms with Crippen molar-refractivity contribution >= 4 is 17.5 Å². The Labute approximate surface area is 236 Å². The third-order valence-corrected chi connectivity index (χ3v) is 7.04. The molecule has 0 atom stereocenters. The molecule has 40 heavy (non-hydrogen) atoms. The summed E-state index contributed by atoms with van der Waals surface area (Å²) in [7, 11) is 1.46. The number of hydrogen-bond acceptors (Lipinski definition) is 7. The maximum atomic E-state index is 11.2. The van der Waals surface area contributed by atoms with E-state index in [0.29, 0.717) is 25.0 Å². The maximum Gasteiger partial charge on any atom is 0.310 e. The predicted molar refractivity (Wildman–Crippen MR) is 160 cm³/mol. The molecule has 8 heteroatoms. The summed E-state index contributed by atoms with van der Waals surface area (Å²) in [6, 6.07) is 17.5. The molecule has 8 nitrogen and oxygen atoms in total. The van der Waals surface area contributed by atoms with E-state index in [0.717, 1.165) is 68.3 Å². The first kappa shape index (κ1) is 28.9. The molecule has 4 rings (SSSR count). The Morgan fingerprint density at radius 3 is 2.30 bits per heavy atom. The van der Waals surface area contributed by atoms with Crippen LogP contribution in [0.2, 0.25) is 0 Å². The fourth-order valence-electron chi connectivity index (χ4n) is 4.69. The fraction of sp³-hybridized carbons (Fsp3) is 0.406. The molecule has 0 radical (unpaired) electrons. The highest BCUT2D eigenvalue weighted by Crippen LogP contribution is 2.34. The minimum Gasteiger partial charge on any atom is -0.490 e. The first-order valence-electron chi connectivity index (χ1n) is 14.2. The average Bonchev–Trinajstić information content (AvgIpc) is 2.98. The molecular formula is C32H39N3O5. The zero-order chi connectivity index (χ0) is 28.3. The third kappa shape index (κ3) is 7.52. The molecule has 1 aliphatic heterocycles. The van der Waals surface area contributed by atoms with Gasteiger partial charge in [-0.05, 0) is 67.1 Å². The smallest absolute Gasteiger partial charge is 0.310 e. The summed E-state index contributed by atoms with van der Waals surface area (Å²) in [4.78, 5) is 17.8. The van der Waals surface area contributed by atoms with Gasteiger partial charge in [-0.1, -0.05) is 50.5 Å². The van der Waals surface area contributed by atoms with Crippen molar-refractivity contribution in [2.24, 2.45) is 0 Å². The lowest BCUT2D eigenvalue weighted by molar-refractivity contribution is -0.385. The van der Waals surface area contributed by atoms with Gasteiger partial charge < -0.3 is 19.1 Å². The molecule has 3 aromatic rings. The zero-order valence-corrected chi connectivity index (χ0v) is 23.7. The number of aromatic nitrogens is 1. The number of unbranched alkanes of at least 4 members (excludes halogenated alkanes) is 2. The monoisotopic (exact) mass is 545 g/mol. The molecule has 0 N–H and O–H groups in total. The number of ether oxygens (including phenoxy) is 3. The summed E-state index contributed by atoms with van der Waals surface area (Å²) in [5, 5.41) is 11.2. The highest BCUT2D eigenvalue weighted by molar-refractivity contribution is 5.71. The van der Waals surface area contributed by atoms with Gasteiger partial charge in [0.25, 0.3) is 0 Å². The van der Waals surface area contributed by atoms with Crippen LogP contribution in [0.3, 0.4) is 0 Å². The number of methoxy groups -OCH3 is 1. The first-order chi connectivity index (χ1) is 19.5. The number of nitro groups is 1. The van der Waals surface area contributed by atoms with E-state index in [9.17, 15) is 10.1 Å². The zero-order valence-electron chi connectivity index (χ0n) is 23.7. The minimum atomic E-state index is -0.422. The molecule has 0 bridgehead atoms. The van der Waals surface area contributed by atoms with Crippen LogP contribution in [0, 0.1) is 10.1 Å². The van der Waals surface area contributed by atoms with E-state index in [-0.39, 0.29) is 11.4 Å². The molecule has 2 aromatic carbocycles. The Hall–Kier alpha value is -4.07. The van der Waals surface area contributed by atoms with Gasteiger partial charge in [0.15, 0.2) is 5.75 Å². The number of nitrogens with zero attached hydrogens (tertiary/aromatic N) is 3. The molecule has 0 spiro atoms. The van der Waals surface area contributed by atoms with Crippen molar-refractivity contribution in [1.29, 1.82) is 0 Å². The summed E-state index contributed by atoms with van der Waals surface area (Å²) in [6.45, 7) is 7.39. The van der Waals surface area contributed by atoms with Crippen molar-refractivity contribution in [3.05, 3.63) is 75.8 Å². The van der Waals surface area contributed by atoms with Crippen LogP contribution in [0.4, 0.5) is 11.4 Å². The van der Waals surface area contributed by atoms with Gasteiger partial charge in [0.05, 0.1) is 25.2 Å². The normalized spacial score (nSPS) is 13.2. The lowest BCUT2D eigenvalue weighted by Crippen LogP contribution is -2.30. The van der Waals surface area contributed by atoms with Crippen LogP contribution in [-0.2, 0) is 0 Å². The van der Waals surface area contributed by atoms with Gasteiger partial charge in [-0.25, -0.2) is 0 Å². The van der Waals surface area contributed by atoms with E-state index in [1.807, 2.05) is 12.1 Å². The van der Waals surface area contributed by atoms with Gasteiger partial charge in [-0.2, -0.15) is 4.98 Å². The van der Waals surface area contributed by atoms with Gasteiger partial charge in [0.1, 0.15) is 0 Å². The van der Waals surface area contributed by atoms with Crippen LogP contribution in [0.5, 0.6) is 17.5 Å². The lowest BCUT2D eigenvalue weighted by Gasteiger charge is -2.30. The van der Waals surface area contributed by atoms with Gasteiger partial charge in [0, 0.05) is 36.5 Å². The number of benzene rings is 2. The molecule has 1 saturated heterocycles. The number of nitro benzene ring substituents is 1. The summed E-state index contributed by atoms with van der Waals surface area (Å²) in [5.74, 6) is 1.50. The van der Waals surface area contributed by atoms with Crippen LogP contribution in [0.1, 0.15) is 57.9 Å². The van der Waals surface area contributed by atoms with Crippen LogP contribution >= 0.6 is 0 Å². The maximum absolute atomic E-state index is 11.2. The highest BCUT2D eigenvalue weighted by atomic mass is 16.6. The summed E-state index contributed by atoms with van der Waals surface area (Å²) in [6.07, 6.45) is 8.09. The van der Waals surface area contributed by atoms with Crippen molar-refractivity contribution in [2.45, 2.75) is 52.4 Å². The van der Waals surface area contributed by atoms with Gasteiger partial charge in [-0.3, -0.25) is 10.1 Å². The third-order valence-electron chi connectivity index (χ3n) is 7.04. The summed E-state index contributed by atoms with van der Waals surface area (Å²) >= 11 is 0.